The van der Waals surface area contributed by atoms with E-state index in [2.05, 4.69) is 19.2 Å². The van der Waals surface area contributed by atoms with Crippen molar-refractivity contribution in [2.24, 2.45) is 0 Å². The van der Waals surface area contributed by atoms with E-state index < -0.39 is 0 Å². The molecule has 1 unspecified atom stereocenters. The van der Waals surface area contributed by atoms with Crippen molar-refractivity contribution in [1.82, 2.24) is 5.32 Å². The normalized spacial score (nSPS) is 12.6. The molecule has 0 fully saturated rings. The maximum Gasteiger partial charge on any atom is 0.126 e. The lowest BCUT2D eigenvalue weighted by Gasteiger charge is -2.19. The first-order valence-corrected chi connectivity index (χ1v) is 7.34. The molecule has 0 saturated heterocycles. The largest absolute Gasteiger partial charge is 0.314 e. The van der Waals surface area contributed by atoms with E-state index in [9.17, 15) is 8.78 Å². The lowest BCUT2D eigenvalue weighted by atomic mass is 9.99. The van der Waals surface area contributed by atoms with E-state index in [1.807, 2.05) is 0 Å². The minimum Gasteiger partial charge on any atom is -0.314 e. The third kappa shape index (κ3) is 6.15. The summed E-state index contributed by atoms with van der Waals surface area (Å²) < 4.78 is 26.8. The van der Waals surface area contributed by atoms with Crippen LogP contribution in [0.4, 0.5) is 8.78 Å². The van der Waals surface area contributed by atoms with Crippen molar-refractivity contribution in [3.8, 4) is 0 Å². The maximum absolute atomic E-state index is 13.6. The van der Waals surface area contributed by atoms with E-state index in [0.717, 1.165) is 25.8 Å². The SMILES string of the molecule is CCCCCC(Cc1cc(F)ccc1F)NCCC. The first-order valence-electron chi connectivity index (χ1n) is 7.34. The molecule has 3 heteroatoms. The first-order chi connectivity index (χ1) is 9.17. The molecule has 0 aromatic heterocycles. The summed E-state index contributed by atoms with van der Waals surface area (Å²) in [7, 11) is 0. The molecule has 1 N–H and O–H groups in total. The molecule has 1 nitrogen and oxygen atoms in total. The molecule has 0 aliphatic heterocycles. The van der Waals surface area contributed by atoms with Crippen molar-refractivity contribution in [2.45, 2.75) is 58.4 Å². The van der Waals surface area contributed by atoms with Crippen molar-refractivity contribution in [3.63, 3.8) is 0 Å². The van der Waals surface area contributed by atoms with Gasteiger partial charge in [0, 0.05) is 6.04 Å². The van der Waals surface area contributed by atoms with Crippen LogP contribution in [0.25, 0.3) is 0 Å². The van der Waals surface area contributed by atoms with Crippen LogP contribution in [0.5, 0.6) is 0 Å². The Morgan fingerprint density at radius 1 is 1.11 bits per heavy atom. The van der Waals surface area contributed by atoms with Crippen LogP contribution in [-0.2, 0) is 6.42 Å². The van der Waals surface area contributed by atoms with Gasteiger partial charge in [-0.3, -0.25) is 0 Å². The second kappa shape index (κ2) is 9.03. The van der Waals surface area contributed by atoms with E-state index in [1.54, 1.807) is 0 Å². The zero-order valence-corrected chi connectivity index (χ0v) is 12.0. The van der Waals surface area contributed by atoms with Crippen molar-refractivity contribution >= 4 is 0 Å². The fourth-order valence-electron chi connectivity index (χ4n) is 2.23. The Morgan fingerprint density at radius 2 is 1.89 bits per heavy atom. The lowest BCUT2D eigenvalue weighted by Crippen LogP contribution is -2.32. The van der Waals surface area contributed by atoms with Crippen LogP contribution in [0.3, 0.4) is 0 Å². The molecule has 1 aromatic rings. The van der Waals surface area contributed by atoms with Gasteiger partial charge in [0.05, 0.1) is 0 Å². The van der Waals surface area contributed by atoms with Crippen molar-refractivity contribution in [2.75, 3.05) is 6.54 Å². The van der Waals surface area contributed by atoms with Crippen LogP contribution in [0.1, 0.15) is 51.5 Å². The molecule has 0 saturated carbocycles. The van der Waals surface area contributed by atoms with Crippen LogP contribution in [0.15, 0.2) is 18.2 Å². The molecular formula is C16H25F2N. The summed E-state index contributed by atoms with van der Waals surface area (Å²) in [6.45, 7) is 5.20. The summed E-state index contributed by atoms with van der Waals surface area (Å²) in [5.74, 6) is -0.667. The highest BCUT2D eigenvalue weighted by Gasteiger charge is 2.12. The van der Waals surface area contributed by atoms with Gasteiger partial charge in [-0.15, -0.1) is 0 Å². The number of hydrogen-bond acceptors (Lipinski definition) is 1. The smallest absolute Gasteiger partial charge is 0.126 e. The third-order valence-electron chi connectivity index (χ3n) is 3.31. The van der Waals surface area contributed by atoms with Crippen LogP contribution in [0.2, 0.25) is 0 Å². The first kappa shape index (κ1) is 16.1. The quantitative estimate of drug-likeness (QED) is 0.653. The van der Waals surface area contributed by atoms with Gasteiger partial charge in [-0.2, -0.15) is 0 Å². The van der Waals surface area contributed by atoms with E-state index in [-0.39, 0.29) is 17.7 Å². The standard InChI is InChI=1S/C16H25F2N/c1-3-5-6-7-15(19-10-4-2)12-13-11-14(17)8-9-16(13)18/h8-9,11,15,19H,3-7,10,12H2,1-2H3. The van der Waals surface area contributed by atoms with Crippen molar-refractivity contribution in [3.05, 3.63) is 35.4 Å². The van der Waals surface area contributed by atoms with Crippen molar-refractivity contribution < 1.29 is 8.78 Å². The van der Waals surface area contributed by atoms with Gasteiger partial charge in [0.1, 0.15) is 11.6 Å². The monoisotopic (exact) mass is 269 g/mol. The summed E-state index contributed by atoms with van der Waals surface area (Å²) in [4.78, 5) is 0. The summed E-state index contributed by atoms with van der Waals surface area (Å²) in [5.41, 5.74) is 0.477. The Bertz CT molecular complexity index is 366. The summed E-state index contributed by atoms with van der Waals surface area (Å²) in [5, 5.41) is 3.43. The number of benzene rings is 1. The fourth-order valence-corrected chi connectivity index (χ4v) is 2.23. The van der Waals surface area contributed by atoms with Crippen LogP contribution >= 0.6 is 0 Å². The average Bonchev–Trinajstić information content (AvgIpc) is 2.40. The highest BCUT2D eigenvalue weighted by Crippen LogP contribution is 2.15. The molecule has 0 amide bonds. The van der Waals surface area contributed by atoms with Gasteiger partial charge in [-0.25, -0.2) is 8.78 Å². The maximum atomic E-state index is 13.6. The van der Waals surface area contributed by atoms with Gasteiger partial charge in [-0.1, -0.05) is 33.1 Å². The molecule has 1 atom stereocenters. The van der Waals surface area contributed by atoms with Crippen LogP contribution in [0, 0.1) is 11.6 Å². The van der Waals surface area contributed by atoms with E-state index in [1.165, 1.54) is 31.0 Å². The zero-order valence-electron chi connectivity index (χ0n) is 12.0. The molecule has 0 heterocycles. The van der Waals surface area contributed by atoms with Crippen LogP contribution < -0.4 is 5.32 Å². The van der Waals surface area contributed by atoms with Crippen molar-refractivity contribution in [1.29, 1.82) is 0 Å². The Hall–Kier alpha value is -0.960. The zero-order chi connectivity index (χ0) is 14.1. The van der Waals surface area contributed by atoms with Gasteiger partial charge in [0.25, 0.3) is 0 Å². The van der Waals surface area contributed by atoms with Gasteiger partial charge in [0.15, 0.2) is 0 Å². The Kier molecular flexibility index (Phi) is 7.65. The Labute approximate surface area is 115 Å². The fraction of sp³-hybridized carbons (Fsp3) is 0.625. The third-order valence-corrected chi connectivity index (χ3v) is 3.31. The predicted octanol–water partition coefficient (Wildman–Crippen LogP) is 4.46. The van der Waals surface area contributed by atoms with Crippen LogP contribution in [-0.4, -0.2) is 12.6 Å². The molecule has 0 spiro atoms. The molecule has 0 aliphatic carbocycles. The topological polar surface area (TPSA) is 12.0 Å². The average molecular weight is 269 g/mol. The Morgan fingerprint density at radius 3 is 2.58 bits per heavy atom. The van der Waals surface area contributed by atoms with Gasteiger partial charge < -0.3 is 5.32 Å². The second-order valence-electron chi connectivity index (χ2n) is 5.09. The minimum absolute atomic E-state index is 0.239. The van der Waals surface area contributed by atoms with Gasteiger partial charge >= 0.3 is 0 Å². The number of nitrogens with one attached hydrogen (secondary N) is 1. The van der Waals surface area contributed by atoms with E-state index in [4.69, 9.17) is 0 Å². The van der Waals surface area contributed by atoms with E-state index in [0.29, 0.717) is 12.0 Å². The summed E-state index contributed by atoms with van der Waals surface area (Å²) in [6, 6.07) is 3.94. The number of halogens is 2. The molecule has 0 aliphatic rings. The van der Waals surface area contributed by atoms with Gasteiger partial charge in [-0.05, 0) is 49.6 Å². The molecular weight excluding hydrogens is 244 g/mol. The molecule has 0 radical (unpaired) electrons. The van der Waals surface area contributed by atoms with E-state index >= 15 is 0 Å². The molecule has 0 bridgehead atoms. The minimum atomic E-state index is -0.362. The number of unbranched alkanes of at least 4 members (excludes halogenated alkanes) is 2. The highest BCUT2D eigenvalue weighted by molar-refractivity contribution is 5.19. The lowest BCUT2D eigenvalue weighted by molar-refractivity contribution is 0.447. The summed E-state index contributed by atoms with van der Waals surface area (Å²) >= 11 is 0. The molecule has 1 aromatic carbocycles. The number of rotatable bonds is 9. The second-order valence-corrected chi connectivity index (χ2v) is 5.09. The number of hydrogen-bond donors (Lipinski definition) is 1. The molecule has 19 heavy (non-hydrogen) atoms. The highest BCUT2D eigenvalue weighted by atomic mass is 19.1. The summed E-state index contributed by atoms with van der Waals surface area (Å²) in [6.07, 6.45) is 6.13. The molecule has 108 valence electrons. The van der Waals surface area contributed by atoms with Gasteiger partial charge in [0.2, 0.25) is 0 Å². The molecule has 1 rings (SSSR count). The Balaban J connectivity index is 2.61. The predicted molar refractivity (Wildman–Crippen MR) is 76.3 cm³/mol.